The highest BCUT2D eigenvalue weighted by molar-refractivity contribution is 6.13. The summed E-state index contributed by atoms with van der Waals surface area (Å²) >= 11 is 0. The van der Waals surface area contributed by atoms with Crippen LogP contribution in [-0.2, 0) is 0 Å². The Morgan fingerprint density at radius 2 is 1.25 bits per heavy atom. The SMILES string of the molecule is C1=CCC=CC(c2nc(-c3ccccc3)nc(-c3cccc4oc5ccc(-c6cc7c8c(c6)Oc6ccccc6N8c6ccccc6O7)cc5c34)n2)=C1. The quantitative estimate of drug-likeness (QED) is 0.183. The van der Waals surface area contributed by atoms with E-state index in [1.807, 2.05) is 97.1 Å². The van der Waals surface area contributed by atoms with Gasteiger partial charge in [0.15, 0.2) is 40.5 Å². The molecular formula is C46H28N4O3. The van der Waals surface area contributed by atoms with Crippen molar-refractivity contribution in [3.8, 4) is 56.9 Å². The molecule has 7 heteroatoms. The summed E-state index contributed by atoms with van der Waals surface area (Å²) in [5, 5.41) is 1.89. The van der Waals surface area contributed by atoms with Crippen LogP contribution in [0.25, 0.3) is 61.4 Å². The van der Waals surface area contributed by atoms with Crippen LogP contribution in [0.2, 0.25) is 0 Å². The number of nitrogens with zero attached hydrogens (tertiary/aromatic N) is 4. The monoisotopic (exact) mass is 684 g/mol. The van der Waals surface area contributed by atoms with Gasteiger partial charge in [-0.25, -0.2) is 15.0 Å². The van der Waals surface area contributed by atoms with E-state index in [4.69, 9.17) is 28.8 Å². The smallest absolute Gasteiger partial charge is 0.164 e. The van der Waals surface area contributed by atoms with Crippen LogP contribution in [0.5, 0.6) is 23.0 Å². The van der Waals surface area contributed by atoms with Gasteiger partial charge in [0.2, 0.25) is 0 Å². The Balaban J connectivity index is 1.09. The van der Waals surface area contributed by atoms with Crippen LogP contribution in [0.4, 0.5) is 17.1 Å². The average Bonchev–Trinajstić information content (AvgIpc) is 3.37. The van der Waals surface area contributed by atoms with E-state index in [0.717, 1.165) is 96.2 Å². The van der Waals surface area contributed by atoms with Gasteiger partial charge in [0.25, 0.3) is 0 Å². The van der Waals surface area contributed by atoms with Crippen molar-refractivity contribution in [3.05, 3.63) is 164 Å². The summed E-state index contributed by atoms with van der Waals surface area (Å²) in [5.74, 6) is 4.84. The van der Waals surface area contributed by atoms with E-state index in [2.05, 4.69) is 65.6 Å². The summed E-state index contributed by atoms with van der Waals surface area (Å²) in [4.78, 5) is 17.3. The van der Waals surface area contributed by atoms with Crippen LogP contribution in [0.3, 0.4) is 0 Å². The van der Waals surface area contributed by atoms with Crippen molar-refractivity contribution in [2.75, 3.05) is 4.90 Å². The number of fused-ring (bicyclic) bond motifs is 7. The van der Waals surface area contributed by atoms with Gasteiger partial charge in [-0.15, -0.1) is 0 Å². The van der Waals surface area contributed by atoms with Crippen LogP contribution in [0, 0.1) is 0 Å². The minimum absolute atomic E-state index is 0.576. The highest BCUT2D eigenvalue weighted by Gasteiger charge is 2.35. The fourth-order valence-electron chi connectivity index (χ4n) is 7.45. The van der Waals surface area contributed by atoms with Crippen LogP contribution < -0.4 is 14.4 Å². The van der Waals surface area contributed by atoms with E-state index in [1.54, 1.807) is 0 Å². The molecule has 11 rings (SSSR count). The Bertz CT molecular complexity index is 2820. The molecule has 0 radical (unpaired) electrons. The highest BCUT2D eigenvalue weighted by atomic mass is 16.5. The number of furan rings is 1. The van der Waals surface area contributed by atoms with E-state index in [-0.39, 0.29) is 0 Å². The first-order chi connectivity index (χ1) is 26.2. The van der Waals surface area contributed by atoms with Gasteiger partial charge in [-0.05, 0) is 72.1 Å². The Morgan fingerprint density at radius 1 is 0.528 bits per heavy atom. The molecule has 250 valence electrons. The molecule has 0 unspecified atom stereocenters. The molecule has 7 nitrogen and oxygen atoms in total. The lowest BCUT2D eigenvalue weighted by atomic mass is 9.98. The number of ether oxygens (including phenoxy) is 2. The summed E-state index contributed by atoms with van der Waals surface area (Å²) in [7, 11) is 0. The number of rotatable bonds is 4. The fourth-order valence-corrected chi connectivity index (χ4v) is 7.45. The average molecular weight is 685 g/mol. The molecule has 0 bridgehead atoms. The van der Waals surface area contributed by atoms with Gasteiger partial charge in [-0.2, -0.15) is 0 Å². The number of allylic oxidation sites excluding steroid dienone is 6. The van der Waals surface area contributed by atoms with Gasteiger partial charge in [-0.3, -0.25) is 4.90 Å². The van der Waals surface area contributed by atoms with Crippen molar-refractivity contribution < 1.29 is 13.9 Å². The molecule has 8 aromatic rings. The van der Waals surface area contributed by atoms with Gasteiger partial charge in [0.05, 0.1) is 11.4 Å². The first kappa shape index (κ1) is 29.5. The molecule has 0 amide bonds. The highest BCUT2D eigenvalue weighted by Crippen LogP contribution is 2.60. The maximum atomic E-state index is 6.56. The Kier molecular flexibility index (Phi) is 6.48. The molecule has 1 aliphatic carbocycles. The second-order valence-electron chi connectivity index (χ2n) is 13.1. The molecule has 53 heavy (non-hydrogen) atoms. The van der Waals surface area contributed by atoms with E-state index in [1.165, 1.54) is 0 Å². The normalized spacial score (nSPS) is 13.8. The van der Waals surface area contributed by atoms with Gasteiger partial charge in [0.1, 0.15) is 16.9 Å². The van der Waals surface area contributed by atoms with Gasteiger partial charge in [-0.1, -0.05) is 103 Å². The predicted octanol–water partition coefficient (Wildman–Crippen LogP) is 12.4. The van der Waals surface area contributed by atoms with Crippen molar-refractivity contribution >= 4 is 44.6 Å². The predicted molar refractivity (Wildman–Crippen MR) is 209 cm³/mol. The number of benzene rings is 6. The lowest BCUT2D eigenvalue weighted by Gasteiger charge is -2.38. The topological polar surface area (TPSA) is 73.5 Å². The summed E-state index contributed by atoms with van der Waals surface area (Å²) in [6.07, 6.45) is 11.3. The number of hydrogen-bond donors (Lipinski definition) is 0. The third-order valence-corrected chi connectivity index (χ3v) is 9.89. The molecule has 0 spiro atoms. The second kappa shape index (κ2) is 11.6. The molecule has 6 aromatic carbocycles. The maximum Gasteiger partial charge on any atom is 0.164 e. The second-order valence-corrected chi connectivity index (χ2v) is 13.1. The zero-order chi connectivity index (χ0) is 34.9. The fraction of sp³-hybridized carbons (Fsp3) is 0.0217. The van der Waals surface area contributed by atoms with Crippen LogP contribution in [-0.4, -0.2) is 15.0 Å². The van der Waals surface area contributed by atoms with Crippen LogP contribution in [0.15, 0.2) is 162 Å². The van der Waals surface area contributed by atoms with E-state index in [0.29, 0.717) is 17.5 Å². The van der Waals surface area contributed by atoms with E-state index < -0.39 is 0 Å². The first-order valence-corrected chi connectivity index (χ1v) is 17.6. The third-order valence-electron chi connectivity index (χ3n) is 9.89. The van der Waals surface area contributed by atoms with Crippen molar-refractivity contribution in [2.45, 2.75) is 6.42 Å². The van der Waals surface area contributed by atoms with Gasteiger partial charge in [0, 0.05) is 27.5 Å². The molecule has 0 saturated heterocycles. The molecule has 0 atom stereocenters. The molecule has 0 fully saturated rings. The summed E-state index contributed by atoms with van der Waals surface area (Å²) in [6.45, 7) is 0. The molecule has 3 aliphatic rings. The molecule has 0 N–H and O–H groups in total. The van der Waals surface area contributed by atoms with Crippen molar-refractivity contribution in [1.29, 1.82) is 0 Å². The standard InChI is InChI=1S/C46H28N4O3/c1-2-5-14-28(13-4-1)44-47-45(29-15-6-3-7-16-29)49-46(48-44)32-17-12-22-39-42(32)33-25-30(23-24-36(33)51-39)31-26-40-43-41(27-31)53-38-21-11-9-19-35(38)50(43)34-18-8-10-20-37(34)52-40/h1,3-27H,2H2. The zero-order valence-corrected chi connectivity index (χ0v) is 28.2. The van der Waals surface area contributed by atoms with E-state index >= 15 is 0 Å². The lowest BCUT2D eigenvalue weighted by Crippen LogP contribution is -2.20. The Morgan fingerprint density at radius 3 is 2.04 bits per heavy atom. The van der Waals surface area contributed by atoms with Crippen molar-refractivity contribution in [1.82, 2.24) is 15.0 Å². The maximum absolute atomic E-state index is 6.56. The summed E-state index contributed by atoms with van der Waals surface area (Å²) < 4.78 is 19.6. The van der Waals surface area contributed by atoms with Crippen LogP contribution in [0.1, 0.15) is 12.2 Å². The van der Waals surface area contributed by atoms with Crippen molar-refractivity contribution in [2.24, 2.45) is 0 Å². The number of hydrogen-bond acceptors (Lipinski definition) is 7. The summed E-state index contributed by atoms with van der Waals surface area (Å²) in [5.41, 5.74) is 9.03. The molecule has 4 heterocycles. The van der Waals surface area contributed by atoms with Gasteiger partial charge >= 0.3 is 0 Å². The first-order valence-electron chi connectivity index (χ1n) is 17.6. The largest absolute Gasteiger partial charge is 0.456 e. The number of para-hydroxylation sites is 4. The number of aromatic nitrogens is 3. The molecular weight excluding hydrogens is 657 g/mol. The molecule has 2 aromatic heterocycles. The van der Waals surface area contributed by atoms with Crippen molar-refractivity contribution in [3.63, 3.8) is 0 Å². The Hall–Kier alpha value is -7.25. The molecule has 0 saturated carbocycles. The van der Waals surface area contributed by atoms with E-state index in [9.17, 15) is 0 Å². The lowest BCUT2D eigenvalue weighted by molar-refractivity contribution is 0.446. The third kappa shape index (κ3) is 4.78. The minimum atomic E-state index is 0.576. The Labute approximate surface area is 304 Å². The summed E-state index contributed by atoms with van der Waals surface area (Å²) in [6, 6.07) is 42.8. The number of anilines is 3. The van der Waals surface area contributed by atoms with Gasteiger partial charge < -0.3 is 13.9 Å². The minimum Gasteiger partial charge on any atom is -0.456 e. The van der Waals surface area contributed by atoms with Crippen LogP contribution >= 0.6 is 0 Å². The zero-order valence-electron chi connectivity index (χ0n) is 28.2. The molecule has 2 aliphatic heterocycles.